The zero-order valence-corrected chi connectivity index (χ0v) is 12.2. The Bertz CT molecular complexity index is 341. The molecule has 1 rings (SSSR count). The monoisotopic (exact) mass is 301 g/mol. The van der Waals surface area contributed by atoms with Crippen molar-refractivity contribution in [3.8, 4) is 0 Å². The van der Waals surface area contributed by atoms with Gasteiger partial charge in [0.15, 0.2) is 0 Å². The molecule has 0 fully saturated rings. The molecule has 96 valence electrons. The number of unbranched alkanes of at least 4 members (excludes halogenated alkanes) is 2. The van der Waals surface area contributed by atoms with E-state index in [2.05, 4.69) is 35.1 Å². The Balaban J connectivity index is 2.36. The molecule has 0 aliphatic rings. The summed E-state index contributed by atoms with van der Waals surface area (Å²) in [4.78, 5) is 0. The van der Waals surface area contributed by atoms with Gasteiger partial charge in [-0.2, -0.15) is 0 Å². The molecule has 1 aromatic rings. The van der Waals surface area contributed by atoms with Crippen molar-refractivity contribution in [2.75, 3.05) is 0 Å². The number of hydrogen-bond acceptors (Lipinski definition) is 1. The summed E-state index contributed by atoms with van der Waals surface area (Å²) in [5.74, 6) is -0.138. The maximum Gasteiger partial charge on any atom is 0.127 e. The Morgan fingerprint density at radius 2 is 2.12 bits per heavy atom. The SMILES string of the molecule is CCCCCC(C)NCc1cc(Br)ccc1F. The van der Waals surface area contributed by atoms with E-state index in [1.807, 2.05) is 6.07 Å². The van der Waals surface area contributed by atoms with Crippen LogP contribution in [-0.2, 0) is 6.54 Å². The van der Waals surface area contributed by atoms with Crippen LogP contribution in [0.2, 0.25) is 0 Å². The highest BCUT2D eigenvalue weighted by Gasteiger charge is 2.05. The van der Waals surface area contributed by atoms with Gasteiger partial charge >= 0.3 is 0 Å². The average molecular weight is 302 g/mol. The Labute approximate surface area is 112 Å². The lowest BCUT2D eigenvalue weighted by Crippen LogP contribution is -2.25. The number of halogens is 2. The van der Waals surface area contributed by atoms with Crippen LogP contribution in [0.3, 0.4) is 0 Å². The number of benzene rings is 1. The standard InChI is InChI=1S/C14H21BrFN/c1-3-4-5-6-11(2)17-10-12-9-13(15)7-8-14(12)16/h7-9,11,17H,3-6,10H2,1-2H3. The topological polar surface area (TPSA) is 12.0 Å². The van der Waals surface area contributed by atoms with Gasteiger partial charge in [-0.15, -0.1) is 0 Å². The highest BCUT2D eigenvalue weighted by molar-refractivity contribution is 9.10. The van der Waals surface area contributed by atoms with Crippen LogP contribution >= 0.6 is 15.9 Å². The van der Waals surface area contributed by atoms with Crippen molar-refractivity contribution in [3.63, 3.8) is 0 Å². The quantitative estimate of drug-likeness (QED) is 0.723. The van der Waals surface area contributed by atoms with Gasteiger partial charge < -0.3 is 5.32 Å². The normalized spacial score (nSPS) is 12.7. The van der Waals surface area contributed by atoms with Gasteiger partial charge in [-0.05, 0) is 31.5 Å². The van der Waals surface area contributed by atoms with E-state index in [9.17, 15) is 4.39 Å². The van der Waals surface area contributed by atoms with Gasteiger partial charge in [-0.25, -0.2) is 4.39 Å². The second kappa shape index (κ2) is 7.83. The Morgan fingerprint density at radius 1 is 1.35 bits per heavy atom. The lowest BCUT2D eigenvalue weighted by atomic mass is 10.1. The lowest BCUT2D eigenvalue weighted by Gasteiger charge is -2.14. The molecule has 0 saturated heterocycles. The van der Waals surface area contributed by atoms with Crippen LogP contribution in [0.15, 0.2) is 22.7 Å². The van der Waals surface area contributed by atoms with Crippen LogP contribution < -0.4 is 5.32 Å². The summed E-state index contributed by atoms with van der Waals surface area (Å²) in [6.45, 7) is 4.96. The summed E-state index contributed by atoms with van der Waals surface area (Å²) >= 11 is 3.36. The van der Waals surface area contributed by atoms with E-state index in [1.54, 1.807) is 6.07 Å². The van der Waals surface area contributed by atoms with Gasteiger partial charge in [0.1, 0.15) is 5.82 Å². The van der Waals surface area contributed by atoms with Gasteiger partial charge in [0.2, 0.25) is 0 Å². The minimum Gasteiger partial charge on any atom is -0.310 e. The van der Waals surface area contributed by atoms with Crippen molar-refractivity contribution < 1.29 is 4.39 Å². The highest BCUT2D eigenvalue weighted by Crippen LogP contribution is 2.15. The molecule has 0 aliphatic heterocycles. The fraction of sp³-hybridized carbons (Fsp3) is 0.571. The summed E-state index contributed by atoms with van der Waals surface area (Å²) < 4.78 is 14.4. The molecular formula is C14H21BrFN. The first kappa shape index (κ1) is 14.7. The van der Waals surface area contributed by atoms with E-state index in [0.29, 0.717) is 12.6 Å². The zero-order valence-electron chi connectivity index (χ0n) is 10.6. The third-order valence-corrected chi connectivity index (χ3v) is 3.38. The first-order valence-corrected chi connectivity index (χ1v) is 7.10. The van der Waals surface area contributed by atoms with Crippen molar-refractivity contribution in [1.82, 2.24) is 5.32 Å². The third-order valence-electron chi connectivity index (χ3n) is 2.89. The Morgan fingerprint density at radius 3 is 2.82 bits per heavy atom. The Kier molecular flexibility index (Phi) is 6.75. The fourth-order valence-electron chi connectivity index (χ4n) is 1.77. The molecule has 0 aromatic heterocycles. The number of nitrogens with one attached hydrogen (secondary N) is 1. The molecule has 0 amide bonds. The maximum atomic E-state index is 13.5. The second-order valence-corrected chi connectivity index (χ2v) is 5.43. The van der Waals surface area contributed by atoms with E-state index in [1.165, 1.54) is 25.3 Å². The molecule has 1 N–H and O–H groups in total. The van der Waals surface area contributed by atoms with Crippen molar-refractivity contribution in [2.45, 2.75) is 52.1 Å². The van der Waals surface area contributed by atoms with Gasteiger partial charge in [-0.3, -0.25) is 0 Å². The Hall–Kier alpha value is -0.410. The largest absolute Gasteiger partial charge is 0.310 e. The van der Waals surface area contributed by atoms with Gasteiger partial charge in [0, 0.05) is 22.6 Å². The molecule has 0 radical (unpaired) electrons. The molecule has 1 unspecified atom stereocenters. The van der Waals surface area contributed by atoms with E-state index < -0.39 is 0 Å². The fourth-order valence-corrected chi connectivity index (χ4v) is 2.17. The van der Waals surface area contributed by atoms with Crippen LogP contribution in [0.5, 0.6) is 0 Å². The van der Waals surface area contributed by atoms with Crippen LogP contribution in [0.1, 0.15) is 45.1 Å². The van der Waals surface area contributed by atoms with Gasteiger partial charge in [0.05, 0.1) is 0 Å². The molecule has 3 heteroatoms. The van der Waals surface area contributed by atoms with Crippen molar-refractivity contribution in [2.24, 2.45) is 0 Å². The molecule has 1 atom stereocenters. The predicted molar refractivity (Wildman–Crippen MR) is 74.5 cm³/mol. The maximum absolute atomic E-state index is 13.5. The van der Waals surface area contributed by atoms with Gasteiger partial charge in [-0.1, -0.05) is 42.1 Å². The first-order valence-electron chi connectivity index (χ1n) is 6.30. The lowest BCUT2D eigenvalue weighted by molar-refractivity contribution is 0.479. The minimum absolute atomic E-state index is 0.138. The van der Waals surface area contributed by atoms with Crippen LogP contribution in [0, 0.1) is 5.82 Å². The molecule has 0 bridgehead atoms. The molecule has 0 saturated carbocycles. The molecule has 0 aliphatic carbocycles. The average Bonchev–Trinajstić information content (AvgIpc) is 2.31. The van der Waals surface area contributed by atoms with Crippen LogP contribution in [-0.4, -0.2) is 6.04 Å². The smallest absolute Gasteiger partial charge is 0.127 e. The van der Waals surface area contributed by atoms with E-state index in [4.69, 9.17) is 0 Å². The molecule has 0 heterocycles. The molecule has 0 spiro atoms. The second-order valence-electron chi connectivity index (χ2n) is 4.51. The number of hydrogen-bond donors (Lipinski definition) is 1. The third kappa shape index (κ3) is 5.64. The van der Waals surface area contributed by atoms with Gasteiger partial charge in [0.25, 0.3) is 0 Å². The van der Waals surface area contributed by atoms with E-state index in [0.717, 1.165) is 16.5 Å². The molecule has 17 heavy (non-hydrogen) atoms. The molecular weight excluding hydrogens is 281 g/mol. The van der Waals surface area contributed by atoms with Crippen LogP contribution in [0.4, 0.5) is 4.39 Å². The minimum atomic E-state index is -0.138. The molecule has 1 nitrogen and oxygen atoms in total. The van der Waals surface area contributed by atoms with Crippen molar-refractivity contribution in [3.05, 3.63) is 34.1 Å². The van der Waals surface area contributed by atoms with Crippen LogP contribution in [0.25, 0.3) is 0 Å². The first-order chi connectivity index (χ1) is 8.13. The zero-order chi connectivity index (χ0) is 12.7. The van der Waals surface area contributed by atoms with E-state index >= 15 is 0 Å². The number of rotatable bonds is 7. The summed E-state index contributed by atoms with van der Waals surface area (Å²) in [5, 5.41) is 3.37. The molecule has 1 aromatic carbocycles. The van der Waals surface area contributed by atoms with Crippen molar-refractivity contribution >= 4 is 15.9 Å². The van der Waals surface area contributed by atoms with Crippen molar-refractivity contribution in [1.29, 1.82) is 0 Å². The predicted octanol–water partition coefficient (Wildman–Crippen LogP) is 4.65. The highest BCUT2D eigenvalue weighted by atomic mass is 79.9. The summed E-state index contributed by atoms with van der Waals surface area (Å²) in [6.07, 6.45) is 4.92. The summed E-state index contributed by atoms with van der Waals surface area (Å²) in [6, 6.07) is 5.51. The summed E-state index contributed by atoms with van der Waals surface area (Å²) in [5.41, 5.74) is 0.724. The summed E-state index contributed by atoms with van der Waals surface area (Å²) in [7, 11) is 0. The van der Waals surface area contributed by atoms with E-state index in [-0.39, 0.29) is 5.82 Å².